The normalized spacial score (nSPS) is 11.4. The summed E-state index contributed by atoms with van der Waals surface area (Å²) >= 11 is 0. The van der Waals surface area contributed by atoms with Crippen LogP contribution in [0.4, 0.5) is 0 Å². The zero-order valence-electron chi connectivity index (χ0n) is 12.4. The van der Waals surface area contributed by atoms with Gasteiger partial charge in [0.2, 0.25) is 0 Å². The smallest absolute Gasteiger partial charge is 0.0799 e. The summed E-state index contributed by atoms with van der Waals surface area (Å²) in [7, 11) is 0. The van der Waals surface area contributed by atoms with Crippen molar-refractivity contribution < 1.29 is 5.11 Å². The van der Waals surface area contributed by atoms with Crippen LogP contribution in [0, 0.1) is 6.61 Å². The Morgan fingerprint density at radius 1 is 0.611 bits per heavy atom. The molecule has 1 nitrogen and oxygen atoms in total. The molecule has 1 N–H and O–H groups in total. The number of allylic oxidation sites excluding steroid dienone is 2. The summed E-state index contributed by atoms with van der Waals surface area (Å²) in [6, 6.07) is 0. The highest BCUT2D eigenvalue weighted by Crippen LogP contribution is 2.09. The fourth-order valence-corrected chi connectivity index (χ4v) is 2.13. The molecule has 0 unspecified atom stereocenters. The molecule has 0 saturated carbocycles. The fourth-order valence-electron chi connectivity index (χ4n) is 2.13. The van der Waals surface area contributed by atoms with Gasteiger partial charge in [0.25, 0.3) is 0 Å². The van der Waals surface area contributed by atoms with Crippen molar-refractivity contribution >= 4 is 0 Å². The van der Waals surface area contributed by atoms with Gasteiger partial charge in [0.1, 0.15) is 0 Å². The lowest BCUT2D eigenvalue weighted by molar-refractivity contribution is 0.367. The maximum absolute atomic E-state index is 8.52. The van der Waals surface area contributed by atoms with E-state index in [1.165, 1.54) is 77.2 Å². The average molecular weight is 253 g/mol. The molecule has 0 aromatic heterocycles. The Morgan fingerprint density at radius 3 is 1.56 bits per heavy atom. The van der Waals surface area contributed by atoms with Crippen LogP contribution >= 0.6 is 0 Å². The van der Waals surface area contributed by atoms with Gasteiger partial charge in [0.15, 0.2) is 0 Å². The number of hydrogen-bond donors (Lipinski definition) is 1. The van der Waals surface area contributed by atoms with E-state index in [4.69, 9.17) is 5.11 Å². The van der Waals surface area contributed by atoms with Crippen molar-refractivity contribution in [3.63, 3.8) is 0 Å². The van der Waals surface area contributed by atoms with E-state index < -0.39 is 0 Å². The molecule has 1 heteroatoms. The molecular formula is C17H33O. The SMILES string of the molecule is CCCCCCCC/C=C/CCCCCC[CH]O. The predicted octanol–water partition coefficient (Wildman–Crippen LogP) is 6.17. The van der Waals surface area contributed by atoms with Gasteiger partial charge in [0, 0.05) is 0 Å². The minimum Gasteiger partial charge on any atom is -0.390 e. The van der Waals surface area contributed by atoms with Crippen LogP contribution in [0.2, 0.25) is 0 Å². The predicted molar refractivity (Wildman–Crippen MR) is 81.1 cm³/mol. The van der Waals surface area contributed by atoms with Crippen molar-refractivity contribution in [2.45, 2.75) is 90.4 Å². The second-order valence-electron chi connectivity index (χ2n) is 5.20. The van der Waals surface area contributed by atoms with Crippen molar-refractivity contribution in [3.8, 4) is 0 Å². The third-order valence-electron chi connectivity index (χ3n) is 3.35. The van der Waals surface area contributed by atoms with E-state index in [9.17, 15) is 0 Å². The molecule has 0 bridgehead atoms. The van der Waals surface area contributed by atoms with Gasteiger partial charge in [-0.25, -0.2) is 0 Å². The zero-order valence-corrected chi connectivity index (χ0v) is 12.4. The summed E-state index contributed by atoms with van der Waals surface area (Å²) in [4.78, 5) is 0. The van der Waals surface area contributed by atoms with E-state index in [1.54, 1.807) is 0 Å². The molecule has 0 aliphatic heterocycles. The highest BCUT2D eigenvalue weighted by molar-refractivity contribution is 4.81. The van der Waals surface area contributed by atoms with Crippen LogP contribution in [0.15, 0.2) is 12.2 Å². The molecule has 0 rings (SSSR count). The summed E-state index contributed by atoms with van der Waals surface area (Å²) in [5, 5.41) is 8.52. The maximum atomic E-state index is 8.52. The molecule has 0 fully saturated rings. The van der Waals surface area contributed by atoms with Gasteiger partial charge >= 0.3 is 0 Å². The quantitative estimate of drug-likeness (QED) is 0.290. The maximum Gasteiger partial charge on any atom is 0.0799 e. The second-order valence-corrected chi connectivity index (χ2v) is 5.20. The molecule has 107 valence electrons. The van der Waals surface area contributed by atoms with E-state index >= 15 is 0 Å². The average Bonchev–Trinajstić information content (AvgIpc) is 2.39. The summed E-state index contributed by atoms with van der Waals surface area (Å²) < 4.78 is 0. The van der Waals surface area contributed by atoms with Gasteiger partial charge in [-0.3, -0.25) is 0 Å². The third-order valence-corrected chi connectivity index (χ3v) is 3.35. The van der Waals surface area contributed by atoms with Crippen LogP contribution < -0.4 is 0 Å². The minimum atomic E-state index is 0.855. The van der Waals surface area contributed by atoms with E-state index in [1.807, 2.05) is 0 Å². The number of unbranched alkanes of at least 4 members (excludes halogenated alkanes) is 11. The van der Waals surface area contributed by atoms with Crippen LogP contribution in [-0.2, 0) is 0 Å². The number of aliphatic hydroxyl groups is 1. The molecule has 0 aliphatic carbocycles. The summed E-state index contributed by atoms with van der Waals surface area (Å²) in [5.74, 6) is 0. The second kappa shape index (κ2) is 16.7. The van der Waals surface area contributed by atoms with Crippen molar-refractivity contribution in [1.29, 1.82) is 0 Å². The first-order valence-electron chi connectivity index (χ1n) is 8.02. The van der Waals surface area contributed by atoms with Gasteiger partial charge in [-0.2, -0.15) is 0 Å². The number of rotatable bonds is 14. The first-order valence-corrected chi connectivity index (χ1v) is 8.02. The van der Waals surface area contributed by atoms with E-state index in [0.29, 0.717) is 0 Å². The first-order chi connectivity index (χ1) is 8.91. The Kier molecular flexibility index (Phi) is 16.4. The summed E-state index contributed by atoms with van der Waals surface area (Å²) in [5.41, 5.74) is 0. The number of hydrogen-bond acceptors (Lipinski definition) is 1. The number of aliphatic hydroxyl groups excluding tert-OH is 1. The molecule has 0 aromatic carbocycles. The van der Waals surface area contributed by atoms with Gasteiger partial charge < -0.3 is 5.11 Å². The third kappa shape index (κ3) is 15.7. The molecule has 0 saturated heterocycles. The summed E-state index contributed by atoms with van der Waals surface area (Å²) in [6.45, 7) is 3.55. The topological polar surface area (TPSA) is 20.2 Å². The Morgan fingerprint density at radius 2 is 1.06 bits per heavy atom. The Bertz CT molecular complexity index is 145. The van der Waals surface area contributed by atoms with Crippen molar-refractivity contribution in [3.05, 3.63) is 18.8 Å². The zero-order chi connectivity index (χ0) is 13.3. The van der Waals surface area contributed by atoms with Crippen LogP contribution in [0.5, 0.6) is 0 Å². The molecule has 0 aliphatic rings. The van der Waals surface area contributed by atoms with Crippen LogP contribution in [0.25, 0.3) is 0 Å². The molecule has 0 atom stereocenters. The first kappa shape index (κ1) is 17.7. The molecule has 0 amide bonds. The highest BCUT2D eigenvalue weighted by Gasteiger charge is 1.90. The molecule has 0 heterocycles. The highest BCUT2D eigenvalue weighted by atomic mass is 16.2. The Labute approximate surface area is 115 Å². The lowest BCUT2D eigenvalue weighted by Crippen LogP contribution is -1.79. The van der Waals surface area contributed by atoms with Crippen LogP contribution in [-0.4, -0.2) is 5.11 Å². The minimum absolute atomic E-state index is 0.855. The van der Waals surface area contributed by atoms with Gasteiger partial charge in [0.05, 0.1) is 6.61 Å². The van der Waals surface area contributed by atoms with E-state index in [-0.39, 0.29) is 0 Å². The lowest BCUT2D eigenvalue weighted by Gasteiger charge is -1.98. The Balaban J connectivity index is 3.00. The van der Waals surface area contributed by atoms with Crippen LogP contribution in [0.1, 0.15) is 90.4 Å². The van der Waals surface area contributed by atoms with E-state index in [2.05, 4.69) is 19.1 Å². The Hall–Kier alpha value is -0.300. The lowest BCUT2D eigenvalue weighted by atomic mass is 10.1. The van der Waals surface area contributed by atoms with E-state index in [0.717, 1.165) is 12.8 Å². The van der Waals surface area contributed by atoms with Gasteiger partial charge in [-0.1, -0.05) is 70.4 Å². The van der Waals surface area contributed by atoms with Crippen molar-refractivity contribution in [1.82, 2.24) is 0 Å². The molecule has 18 heavy (non-hydrogen) atoms. The largest absolute Gasteiger partial charge is 0.390 e. The molecular weight excluding hydrogens is 220 g/mol. The van der Waals surface area contributed by atoms with Gasteiger partial charge in [-0.05, 0) is 32.1 Å². The van der Waals surface area contributed by atoms with Crippen molar-refractivity contribution in [2.75, 3.05) is 0 Å². The molecule has 1 radical (unpaired) electrons. The van der Waals surface area contributed by atoms with Crippen molar-refractivity contribution in [2.24, 2.45) is 0 Å². The monoisotopic (exact) mass is 253 g/mol. The van der Waals surface area contributed by atoms with Gasteiger partial charge in [-0.15, -0.1) is 0 Å². The fraction of sp³-hybridized carbons (Fsp3) is 0.824. The van der Waals surface area contributed by atoms with Crippen LogP contribution in [0.3, 0.4) is 0 Å². The molecule has 0 aromatic rings. The molecule has 0 spiro atoms. The standard InChI is InChI=1S/C17H33O/c1-2-3-4-5-6-7-8-9-10-11-12-13-14-15-16-17-18/h9-10,17-18H,2-8,11-16H2,1H3/b10-9+. The summed E-state index contributed by atoms with van der Waals surface area (Å²) in [6.07, 6.45) is 21.4.